The largest absolute Gasteiger partial charge is 0.326 e. The Morgan fingerprint density at radius 1 is 1.22 bits per heavy atom. The fourth-order valence-corrected chi connectivity index (χ4v) is 4.38. The second-order valence-corrected chi connectivity index (χ2v) is 9.10. The predicted molar refractivity (Wildman–Crippen MR) is 109 cm³/mol. The number of carbonyl (C=O) groups is 1. The molecule has 0 aliphatic carbocycles. The number of halogens is 1. The van der Waals surface area contributed by atoms with Gasteiger partial charge < -0.3 is 5.32 Å². The van der Waals surface area contributed by atoms with Gasteiger partial charge in [-0.25, -0.2) is 13.6 Å². The van der Waals surface area contributed by atoms with Gasteiger partial charge in [0, 0.05) is 29.2 Å². The molecule has 6 nitrogen and oxygen atoms in total. The average Bonchev–Trinajstić information content (AvgIpc) is 3.08. The van der Waals surface area contributed by atoms with Crippen molar-refractivity contribution in [2.75, 3.05) is 18.4 Å². The Balaban J connectivity index is 1.59. The van der Waals surface area contributed by atoms with Gasteiger partial charge in [0.25, 0.3) is 0 Å². The zero-order valence-corrected chi connectivity index (χ0v) is 17.2. The summed E-state index contributed by atoms with van der Waals surface area (Å²) < 4.78 is 23.9. The lowest BCUT2D eigenvalue weighted by molar-refractivity contribution is -0.116. The summed E-state index contributed by atoms with van der Waals surface area (Å²) >= 11 is 3.51. The summed E-state index contributed by atoms with van der Waals surface area (Å²) in [6.07, 6.45) is 2.52. The monoisotopic (exact) mass is 451 g/mol. The number of carbonyl (C=O) groups excluding carboxylic acids is 1. The number of benzene rings is 2. The highest BCUT2D eigenvalue weighted by molar-refractivity contribution is 9.10. The van der Waals surface area contributed by atoms with E-state index in [1.807, 2.05) is 12.1 Å². The number of hydrogen-bond acceptors (Lipinski definition) is 4. The van der Waals surface area contributed by atoms with E-state index in [9.17, 15) is 13.2 Å². The van der Waals surface area contributed by atoms with Crippen LogP contribution in [0.15, 0.2) is 57.9 Å². The van der Waals surface area contributed by atoms with Gasteiger partial charge in [0.15, 0.2) is 0 Å². The smallest absolute Gasteiger partial charge is 0.238 e. The molecule has 1 aliphatic heterocycles. The number of amides is 1. The number of sulfonamides is 1. The predicted octanol–water partition coefficient (Wildman–Crippen LogP) is 3.26. The molecule has 0 saturated carbocycles. The molecule has 27 heavy (non-hydrogen) atoms. The third-order valence-electron chi connectivity index (χ3n) is 4.67. The topological polar surface area (TPSA) is 92.5 Å². The Morgan fingerprint density at radius 2 is 2.00 bits per heavy atom. The molecule has 3 N–H and O–H groups in total. The summed E-state index contributed by atoms with van der Waals surface area (Å²) in [5, 5.41) is 7.88. The number of nitrogens with one attached hydrogen (secondary N) is 1. The number of rotatable bonds is 6. The molecule has 1 fully saturated rings. The SMILES string of the molecule is NS(=O)(=O)c1cccc(NC(=O)CCN2CCCC2c2cccc(Br)c2)c1. The van der Waals surface area contributed by atoms with Gasteiger partial charge in [-0.1, -0.05) is 34.1 Å². The van der Waals surface area contributed by atoms with E-state index in [1.54, 1.807) is 12.1 Å². The highest BCUT2D eigenvalue weighted by atomic mass is 79.9. The maximum Gasteiger partial charge on any atom is 0.238 e. The van der Waals surface area contributed by atoms with Gasteiger partial charge in [0.1, 0.15) is 0 Å². The van der Waals surface area contributed by atoms with Crippen LogP contribution in [0.3, 0.4) is 0 Å². The Morgan fingerprint density at radius 3 is 2.74 bits per heavy atom. The van der Waals surface area contributed by atoms with E-state index >= 15 is 0 Å². The normalized spacial score (nSPS) is 17.8. The summed E-state index contributed by atoms with van der Waals surface area (Å²) in [7, 11) is -3.79. The molecule has 0 radical (unpaired) electrons. The molecule has 1 amide bonds. The van der Waals surface area contributed by atoms with Crippen molar-refractivity contribution in [2.24, 2.45) is 5.14 Å². The second-order valence-electron chi connectivity index (χ2n) is 6.62. The van der Waals surface area contributed by atoms with Crippen LogP contribution in [0.4, 0.5) is 5.69 Å². The molecule has 1 heterocycles. The number of anilines is 1. The van der Waals surface area contributed by atoms with Crippen molar-refractivity contribution in [3.8, 4) is 0 Å². The van der Waals surface area contributed by atoms with Crippen LogP contribution in [0.2, 0.25) is 0 Å². The zero-order chi connectivity index (χ0) is 19.4. The minimum atomic E-state index is -3.79. The molecule has 2 aromatic carbocycles. The van der Waals surface area contributed by atoms with Crippen molar-refractivity contribution in [1.29, 1.82) is 0 Å². The van der Waals surface area contributed by atoms with Crippen LogP contribution < -0.4 is 10.5 Å². The quantitative estimate of drug-likeness (QED) is 0.704. The number of nitrogens with two attached hydrogens (primary N) is 1. The van der Waals surface area contributed by atoms with Crippen LogP contribution >= 0.6 is 15.9 Å². The van der Waals surface area contributed by atoms with Crippen molar-refractivity contribution in [1.82, 2.24) is 4.90 Å². The van der Waals surface area contributed by atoms with Crippen LogP contribution in [0.1, 0.15) is 30.9 Å². The van der Waals surface area contributed by atoms with Crippen molar-refractivity contribution >= 4 is 37.5 Å². The highest BCUT2D eigenvalue weighted by Crippen LogP contribution is 2.33. The first-order chi connectivity index (χ1) is 12.8. The van der Waals surface area contributed by atoms with Crippen LogP contribution in [-0.4, -0.2) is 32.3 Å². The molecule has 3 rings (SSSR count). The molecular weight excluding hydrogens is 430 g/mol. The van der Waals surface area contributed by atoms with Gasteiger partial charge in [-0.3, -0.25) is 9.69 Å². The third kappa shape index (κ3) is 5.38. The van der Waals surface area contributed by atoms with E-state index in [0.717, 1.165) is 23.9 Å². The number of primary sulfonamides is 1. The Kier molecular flexibility index (Phi) is 6.31. The molecule has 1 saturated heterocycles. The Labute approximate surface area is 167 Å². The zero-order valence-electron chi connectivity index (χ0n) is 14.8. The van der Waals surface area contributed by atoms with Gasteiger partial charge in [-0.2, -0.15) is 0 Å². The molecule has 0 aromatic heterocycles. The minimum Gasteiger partial charge on any atom is -0.326 e. The van der Waals surface area contributed by atoms with E-state index < -0.39 is 10.0 Å². The summed E-state index contributed by atoms with van der Waals surface area (Å²) in [6, 6.07) is 14.6. The van der Waals surface area contributed by atoms with Crippen molar-refractivity contribution in [3.05, 3.63) is 58.6 Å². The van der Waals surface area contributed by atoms with E-state index in [0.29, 0.717) is 24.7 Å². The first-order valence-corrected chi connectivity index (χ1v) is 11.1. The molecule has 1 unspecified atom stereocenters. The molecule has 2 aromatic rings. The molecule has 0 bridgehead atoms. The maximum absolute atomic E-state index is 12.3. The maximum atomic E-state index is 12.3. The van der Waals surface area contributed by atoms with Crippen molar-refractivity contribution < 1.29 is 13.2 Å². The summed E-state index contributed by atoms with van der Waals surface area (Å²) in [6.45, 7) is 1.61. The van der Waals surface area contributed by atoms with Gasteiger partial charge in [-0.15, -0.1) is 0 Å². The fourth-order valence-electron chi connectivity index (χ4n) is 3.40. The first-order valence-electron chi connectivity index (χ1n) is 8.75. The minimum absolute atomic E-state index is 0.0189. The van der Waals surface area contributed by atoms with E-state index in [4.69, 9.17) is 5.14 Å². The van der Waals surface area contributed by atoms with Crippen LogP contribution in [0.5, 0.6) is 0 Å². The van der Waals surface area contributed by atoms with Crippen molar-refractivity contribution in [3.63, 3.8) is 0 Å². The van der Waals surface area contributed by atoms with Crippen LogP contribution in [0.25, 0.3) is 0 Å². The molecule has 8 heteroatoms. The molecule has 144 valence electrons. The first kappa shape index (κ1) is 20.0. The highest BCUT2D eigenvalue weighted by Gasteiger charge is 2.26. The van der Waals surface area contributed by atoms with Gasteiger partial charge in [0.05, 0.1) is 4.90 Å². The summed E-state index contributed by atoms with van der Waals surface area (Å²) in [4.78, 5) is 14.6. The number of nitrogens with zero attached hydrogens (tertiary/aromatic N) is 1. The van der Waals surface area contributed by atoms with Gasteiger partial charge in [0.2, 0.25) is 15.9 Å². The lowest BCUT2D eigenvalue weighted by Crippen LogP contribution is -2.27. The average molecular weight is 452 g/mol. The van der Waals surface area contributed by atoms with Crippen molar-refractivity contribution in [2.45, 2.75) is 30.2 Å². The Hall–Kier alpha value is -1.74. The summed E-state index contributed by atoms with van der Waals surface area (Å²) in [5.74, 6) is -0.151. The van der Waals surface area contributed by atoms with Gasteiger partial charge >= 0.3 is 0 Å². The second kappa shape index (κ2) is 8.52. The summed E-state index contributed by atoms with van der Waals surface area (Å²) in [5.41, 5.74) is 1.68. The fraction of sp³-hybridized carbons (Fsp3) is 0.316. The lowest BCUT2D eigenvalue weighted by atomic mass is 10.0. The van der Waals surface area contributed by atoms with E-state index in [1.165, 1.54) is 17.7 Å². The number of likely N-dealkylation sites (tertiary alicyclic amines) is 1. The van der Waals surface area contributed by atoms with Crippen LogP contribution in [0, 0.1) is 0 Å². The molecule has 1 aliphatic rings. The third-order valence-corrected chi connectivity index (χ3v) is 6.07. The standard InChI is InChI=1S/C19H22BrN3O3S/c20-15-5-1-4-14(12-15)18-8-3-10-23(18)11-9-19(24)22-16-6-2-7-17(13-16)27(21,25)26/h1-2,4-7,12-13,18H,3,8-11H2,(H,22,24)(H2,21,25,26). The van der Waals surface area contributed by atoms with Crippen LogP contribution in [-0.2, 0) is 14.8 Å². The Bertz CT molecular complexity index is 933. The molecule has 0 spiro atoms. The van der Waals surface area contributed by atoms with E-state index in [-0.39, 0.29) is 10.8 Å². The number of hydrogen-bond donors (Lipinski definition) is 2. The van der Waals surface area contributed by atoms with Gasteiger partial charge in [-0.05, 0) is 55.3 Å². The molecule has 1 atom stereocenters. The molecular formula is C19H22BrN3O3S. The lowest BCUT2D eigenvalue weighted by Gasteiger charge is -2.24. The van der Waals surface area contributed by atoms with E-state index in [2.05, 4.69) is 38.3 Å².